The molecule has 1 atom stereocenters. The van der Waals surface area contributed by atoms with Gasteiger partial charge in [0.05, 0.1) is 11.2 Å². The fourth-order valence-corrected chi connectivity index (χ4v) is 4.60. The summed E-state index contributed by atoms with van der Waals surface area (Å²) in [6.45, 7) is 3.16. The highest BCUT2D eigenvalue weighted by Gasteiger charge is 2.17. The molecule has 0 amide bonds. The number of aromatic nitrogens is 1. The molecule has 30 heavy (non-hydrogen) atoms. The van der Waals surface area contributed by atoms with Crippen LogP contribution in [0.1, 0.15) is 12.5 Å². The number of sulfonamides is 1. The van der Waals surface area contributed by atoms with E-state index < -0.39 is 10.0 Å². The fourth-order valence-electron chi connectivity index (χ4n) is 3.33. The summed E-state index contributed by atoms with van der Waals surface area (Å²) in [5.74, 6) is 0. The van der Waals surface area contributed by atoms with Gasteiger partial charge in [0.25, 0.3) is 0 Å². The first kappa shape index (κ1) is 22.2. The average molecular weight is 446 g/mol. The van der Waals surface area contributed by atoms with Crippen molar-refractivity contribution >= 4 is 44.2 Å². The van der Waals surface area contributed by atoms with E-state index in [4.69, 9.17) is 4.42 Å². The molecule has 0 aliphatic carbocycles. The minimum absolute atomic E-state index is 0. The molecule has 0 saturated heterocycles. The summed E-state index contributed by atoms with van der Waals surface area (Å²) < 4.78 is 33.4. The molecular weight excluding hydrogens is 422 g/mol. The fraction of sp³-hybridized carbons (Fsp3) is 0.227. The van der Waals surface area contributed by atoms with Gasteiger partial charge in [0.1, 0.15) is 5.58 Å². The number of hydrogen-bond acceptors (Lipinski definition) is 5. The molecule has 2 N–H and O–H groups in total. The van der Waals surface area contributed by atoms with E-state index >= 15 is 0 Å². The van der Waals surface area contributed by atoms with Crippen molar-refractivity contribution in [3.05, 3.63) is 72.8 Å². The monoisotopic (exact) mass is 445 g/mol. The lowest BCUT2D eigenvalue weighted by Gasteiger charge is -2.15. The van der Waals surface area contributed by atoms with Crippen molar-refractivity contribution in [3.8, 4) is 0 Å². The zero-order valence-corrected chi connectivity index (χ0v) is 18.2. The number of hydrogen-bond donors (Lipinski definition) is 2. The second kappa shape index (κ2) is 9.57. The number of nitrogens with zero attached hydrogens (tertiary/aromatic N) is 1. The lowest BCUT2D eigenvalue weighted by atomic mass is 10.1. The average Bonchev–Trinajstić information content (AvgIpc) is 3.18. The summed E-state index contributed by atoms with van der Waals surface area (Å²) >= 11 is 0. The summed E-state index contributed by atoms with van der Waals surface area (Å²) in [6, 6.07) is 14.7. The van der Waals surface area contributed by atoms with Crippen LogP contribution in [0.2, 0.25) is 0 Å². The van der Waals surface area contributed by atoms with E-state index in [9.17, 15) is 8.42 Å². The van der Waals surface area contributed by atoms with Crippen molar-refractivity contribution in [1.82, 2.24) is 15.0 Å². The van der Waals surface area contributed by atoms with Crippen LogP contribution in [0.5, 0.6) is 0 Å². The maximum Gasteiger partial charge on any atom is 0.240 e. The van der Waals surface area contributed by atoms with Crippen molar-refractivity contribution < 1.29 is 12.8 Å². The molecule has 2 aromatic carbocycles. The Bertz CT molecular complexity index is 1240. The summed E-state index contributed by atoms with van der Waals surface area (Å²) in [4.78, 5) is 4.31. The third kappa shape index (κ3) is 5.17. The molecule has 0 fully saturated rings. The van der Waals surface area contributed by atoms with E-state index in [1.807, 2.05) is 19.1 Å². The van der Waals surface area contributed by atoms with Gasteiger partial charge in [-0.2, -0.15) is 0 Å². The molecule has 1 unspecified atom stereocenters. The summed E-state index contributed by atoms with van der Waals surface area (Å²) in [6.07, 6.45) is 5.92. The van der Waals surface area contributed by atoms with Gasteiger partial charge in [-0.1, -0.05) is 12.1 Å². The number of pyridine rings is 1. The van der Waals surface area contributed by atoms with E-state index in [0.717, 1.165) is 34.7 Å². The van der Waals surface area contributed by atoms with E-state index in [1.165, 1.54) is 5.56 Å². The molecule has 158 valence electrons. The van der Waals surface area contributed by atoms with Gasteiger partial charge in [-0.25, -0.2) is 13.1 Å². The van der Waals surface area contributed by atoms with Crippen LogP contribution in [0.4, 0.5) is 0 Å². The highest BCUT2D eigenvalue weighted by molar-refractivity contribution is 7.89. The summed E-state index contributed by atoms with van der Waals surface area (Å²) in [7, 11) is -3.58. The number of furan rings is 1. The number of halogens is 1. The van der Waals surface area contributed by atoms with Crippen molar-refractivity contribution in [3.63, 3.8) is 0 Å². The lowest BCUT2D eigenvalue weighted by Crippen LogP contribution is -2.40. The van der Waals surface area contributed by atoms with Crippen LogP contribution in [0.3, 0.4) is 0 Å². The molecule has 0 aliphatic heterocycles. The van der Waals surface area contributed by atoms with E-state index in [2.05, 4.69) is 27.2 Å². The SMILES string of the molecule is CC(CNCCc1ccc2occc2c1)NS(=O)(=O)c1ccc2cnccc2c1.Cl. The van der Waals surface area contributed by atoms with Gasteiger partial charge in [-0.05, 0) is 67.2 Å². The number of benzene rings is 2. The predicted octanol–water partition coefficient (Wildman–Crippen LogP) is 3.90. The van der Waals surface area contributed by atoms with Crippen molar-refractivity contribution in [2.75, 3.05) is 13.1 Å². The molecule has 2 aromatic heterocycles. The molecule has 8 heteroatoms. The Hall–Kier alpha value is -2.45. The van der Waals surface area contributed by atoms with Crippen LogP contribution in [0.15, 0.2) is 76.5 Å². The lowest BCUT2D eigenvalue weighted by molar-refractivity contribution is 0.537. The van der Waals surface area contributed by atoms with Crippen LogP contribution in [0.25, 0.3) is 21.7 Å². The molecule has 2 heterocycles. The van der Waals surface area contributed by atoms with Crippen LogP contribution < -0.4 is 10.0 Å². The summed E-state index contributed by atoms with van der Waals surface area (Å²) in [5, 5.41) is 6.18. The second-order valence-corrected chi connectivity index (χ2v) is 8.87. The van der Waals surface area contributed by atoms with Crippen LogP contribution in [0, 0.1) is 0 Å². The zero-order chi connectivity index (χ0) is 20.3. The molecule has 0 spiro atoms. The van der Waals surface area contributed by atoms with Gasteiger partial charge in [-0.15, -0.1) is 12.4 Å². The molecule has 4 aromatic rings. The summed E-state index contributed by atoms with van der Waals surface area (Å²) in [5.41, 5.74) is 2.10. The Balaban J connectivity index is 0.00000256. The molecular formula is C22H24ClN3O3S. The highest BCUT2D eigenvalue weighted by atomic mass is 35.5. The van der Waals surface area contributed by atoms with Crippen molar-refractivity contribution in [2.45, 2.75) is 24.3 Å². The van der Waals surface area contributed by atoms with Crippen molar-refractivity contribution in [2.24, 2.45) is 0 Å². The third-order valence-electron chi connectivity index (χ3n) is 4.84. The predicted molar refractivity (Wildman–Crippen MR) is 122 cm³/mol. The number of rotatable bonds is 8. The molecule has 0 aliphatic rings. The topological polar surface area (TPSA) is 84.2 Å². The molecule has 0 radical (unpaired) electrons. The largest absolute Gasteiger partial charge is 0.464 e. The Morgan fingerprint density at radius 3 is 2.77 bits per heavy atom. The first-order valence-corrected chi connectivity index (χ1v) is 11.0. The minimum Gasteiger partial charge on any atom is -0.464 e. The quantitative estimate of drug-likeness (QED) is 0.402. The number of fused-ring (bicyclic) bond motifs is 2. The van der Waals surface area contributed by atoms with Gasteiger partial charge in [0.2, 0.25) is 10.0 Å². The zero-order valence-electron chi connectivity index (χ0n) is 16.5. The Kier molecular flexibility index (Phi) is 7.10. The van der Waals surface area contributed by atoms with Crippen molar-refractivity contribution in [1.29, 1.82) is 0 Å². The first-order chi connectivity index (χ1) is 14.0. The Morgan fingerprint density at radius 1 is 1.03 bits per heavy atom. The Morgan fingerprint density at radius 2 is 1.90 bits per heavy atom. The second-order valence-electron chi connectivity index (χ2n) is 7.15. The molecule has 0 bridgehead atoms. The first-order valence-electron chi connectivity index (χ1n) is 9.54. The van der Waals surface area contributed by atoms with E-state index in [1.54, 1.807) is 42.9 Å². The smallest absolute Gasteiger partial charge is 0.240 e. The molecule has 4 rings (SSSR count). The van der Waals surface area contributed by atoms with Gasteiger partial charge < -0.3 is 9.73 Å². The minimum atomic E-state index is -3.58. The normalized spacial score (nSPS) is 12.7. The van der Waals surface area contributed by atoms with Gasteiger partial charge in [0.15, 0.2) is 0 Å². The van der Waals surface area contributed by atoms with Gasteiger partial charge in [0, 0.05) is 35.8 Å². The molecule has 6 nitrogen and oxygen atoms in total. The molecule has 0 saturated carbocycles. The van der Waals surface area contributed by atoms with Crippen LogP contribution >= 0.6 is 12.4 Å². The van der Waals surface area contributed by atoms with Crippen LogP contribution in [-0.4, -0.2) is 32.5 Å². The standard InChI is InChI=1S/C22H23N3O3S.ClH/c1-16(14-23-9-6-17-2-5-22-19(12-17)8-11-28-22)25-29(26,27)21-4-3-20-15-24-10-7-18(20)13-21;/h2-5,7-8,10-13,15-16,23,25H,6,9,14H2,1H3;1H. The maximum absolute atomic E-state index is 12.7. The van der Waals surface area contributed by atoms with Crippen LogP contribution in [-0.2, 0) is 16.4 Å². The van der Waals surface area contributed by atoms with E-state index in [0.29, 0.717) is 6.54 Å². The highest BCUT2D eigenvalue weighted by Crippen LogP contribution is 2.19. The Labute approximate surface area is 182 Å². The van der Waals surface area contributed by atoms with E-state index in [-0.39, 0.29) is 23.3 Å². The third-order valence-corrected chi connectivity index (χ3v) is 6.42. The van der Waals surface area contributed by atoms with Gasteiger partial charge in [-0.3, -0.25) is 4.98 Å². The number of nitrogens with one attached hydrogen (secondary N) is 2. The maximum atomic E-state index is 12.7. The van der Waals surface area contributed by atoms with Gasteiger partial charge >= 0.3 is 0 Å².